The van der Waals surface area contributed by atoms with Gasteiger partial charge < -0.3 is 15.2 Å². The quantitative estimate of drug-likeness (QED) is 0.740. The normalized spacial score (nSPS) is 10.6. The Labute approximate surface area is 122 Å². The van der Waals surface area contributed by atoms with Crippen LogP contribution in [0.25, 0.3) is 0 Å². The Morgan fingerprint density at radius 2 is 2.05 bits per heavy atom. The molecule has 1 aromatic rings. The van der Waals surface area contributed by atoms with E-state index in [0.29, 0.717) is 10.2 Å². The number of carbonyl (C=O) groups excluding carboxylic acids is 1. The fourth-order valence-electron chi connectivity index (χ4n) is 1.35. The number of rotatable bonds is 7. The maximum Gasteiger partial charge on any atom is 0.335 e. The first-order valence-electron chi connectivity index (χ1n) is 5.58. The summed E-state index contributed by atoms with van der Waals surface area (Å²) >= 11 is 3.13. The molecule has 8 heteroatoms. The first-order chi connectivity index (χ1) is 9.38. The van der Waals surface area contributed by atoms with Crippen LogP contribution in [0.15, 0.2) is 22.7 Å². The van der Waals surface area contributed by atoms with E-state index in [-0.39, 0.29) is 18.6 Å². The zero-order valence-corrected chi connectivity index (χ0v) is 11.8. The van der Waals surface area contributed by atoms with Crippen molar-refractivity contribution in [3.05, 3.63) is 28.2 Å². The molecule has 0 unspecified atom stereocenters. The number of aromatic carboxylic acids is 1. The van der Waals surface area contributed by atoms with E-state index in [1.807, 2.05) is 0 Å². The topological polar surface area (TPSA) is 75.6 Å². The molecule has 0 aliphatic heterocycles. The number of anilines is 1. The summed E-state index contributed by atoms with van der Waals surface area (Å²) in [5.74, 6) is -1.57. The molecule has 0 aromatic heterocycles. The van der Waals surface area contributed by atoms with E-state index in [4.69, 9.17) is 5.11 Å². The van der Waals surface area contributed by atoms with Crippen molar-refractivity contribution in [2.24, 2.45) is 0 Å². The lowest BCUT2D eigenvalue weighted by Gasteiger charge is -2.07. The number of benzene rings is 1. The summed E-state index contributed by atoms with van der Waals surface area (Å²) in [4.78, 5) is 22.3. The van der Waals surface area contributed by atoms with Gasteiger partial charge in [-0.3, -0.25) is 4.79 Å². The monoisotopic (exact) mass is 351 g/mol. The molecule has 0 aliphatic carbocycles. The molecule has 0 heterocycles. The maximum absolute atomic E-state index is 11.8. The zero-order valence-electron chi connectivity index (χ0n) is 10.2. The van der Waals surface area contributed by atoms with Crippen LogP contribution in [-0.2, 0) is 9.53 Å². The number of amides is 1. The van der Waals surface area contributed by atoms with Gasteiger partial charge in [-0.25, -0.2) is 13.6 Å². The highest BCUT2D eigenvalue weighted by atomic mass is 79.9. The summed E-state index contributed by atoms with van der Waals surface area (Å²) in [5.41, 5.74) is 0.319. The van der Waals surface area contributed by atoms with Gasteiger partial charge in [0.15, 0.2) is 0 Å². The van der Waals surface area contributed by atoms with Gasteiger partial charge in [-0.15, -0.1) is 0 Å². The van der Waals surface area contributed by atoms with Crippen molar-refractivity contribution in [3.8, 4) is 0 Å². The summed E-state index contributed by atoms with van der Waals surface area (Å²) in [5, 5.41) is 11.3. The standard InChI is InChI=1S/C12H12BrF2NO4/c13-8-3-7(12(18)19)4-9(5-8)16-11(17)1-2-20-6-10(14)15/h3-5,10H,1-2,6H2,(H,16,17)(H,18,19). The van der Waals surface area contributed by atoms with E-state index >= 15 is 0 Å². The van der Waals surface area contributed by atoms with Gasteiger partial charge in [-0.2, -0.15) is 0 Å². The molecule has 0 spiro atoms. The number of nitrogens with one attached hydrogen (secondary N) is 1. The second-order valence-electron chi connectivity index (χ2n) is 3.80. The predicted molar refractivity (Wildman–Crippen MR) is 71.2 cm³/mol. The van der Waals surface area contributed by atoms with Crippen molar-refractivity contribution in [3.63, 3.8) is 0 Å². The highest BCUT2D eigenvalue weighted by molar-refractivity contribution is 9.10. The molecule has 20 heavy (non-hydrogen) atoms. The van der Waals surface area contributed by atoms with Gasteiger partial charge in [0.1, 0.15) is 6.61 Å². The summed E-state index contributed by atoms with van der Waals surface area (Å²) in [6.07, 6.45) is -2.66. The third kappa shape index (κ3) is 6.07. The minimum absolute atomic E-state index is 0.0172. The second kappa shape index (κ2) is 7.91. The molecule has 110 valence electrons. The number of carboxylic acids is 1. The van der Waals surface area contributed by atoms with Gasteiger partial charge in [-0.05, 0) is 18.2 Å². The lowest BCUT2D eigenvalue weighted by Crippen LogP contribution is -2.16. The molecule has 0 fully saturated rings. The molecular weight excluding hydrogens is 340 g/mol. The highest BCUT2D eigenvalue weighted by Crippen LogP contribution is 2.19. The van der Waals surface area contributed by atoms with E-state index in [2.05, 4.69) is 26.0 Å². The lowest BCUT2D eigenvalue weighted by atomic mass is 10.2. The minimum Gasteiger partial charge on any atom is -0.478 e. The molecule has 0 radical (unpaired) electrons. The fraction of sp³-hybridized carbons (Fsp3) is 0.333. The van der Waals surface area contributed by atoms with Crippen molar-refractivity contribution < 1.29 is 28.2 Å². The van der Waals surface area contributed by atoms with Crippen LogP contribution in [0.1, 0.15) is 16.8 Å². The van der Waals surface area contributed by atoms with Crippen molar-refractivity contribution in [2.75, 3.05) is 18.5 Å². The second-order valence-corrected chi connectivity index (χ2v) is 4.71. The fourth-order valence-corrected chi connectivity index (χ4v) is 1.84. The zero-order chi connectivity index (χ0) is 15.1. The first kappa shape index (κ1) is 16.5. The number of ether oxygens (including phenoxy) is 1. The van der Waals surface area contributed by atoms with Crippen molar-refractivity contribution in [2.45, 2.75) is 12.8 Å². The first-order valence-corrected chi connectivity index (χ1v) is 6.37. The van der Waals surface area contributed by atoms with Gasteiger partial charge >= 0.3 is 5.97 Å². The largest absolute Gasteiger partial charge is 0.478 e. The predicted octanol–water partition coefficient (Wildman–Crippen LogP) is 2.76. The molecule has 0 saturated carbocycles. The van der Waals surface area contributed by atoms with Crippen LogP contribution < -0.4 is 5.32 Å². The Morgan fingerprint density at radius 1 is 1.35 bits per heavy atom. The number of carboxylic acid groups (broad SMARTS) is 1. The molecule has 2 N–H and O–H groups in total. The Hall–Kier alpha value is -1.54. The number of hydrogen-bond donors (Lipinski definition) is 2. The number of hydrogen-bond acceptors (Lipinski definition) is 3. The molecule has 1 amide bonds. The van der Waals surface area contributed by atoms with E-state index in [0.717, 1.165) is 0 Å². The average molecular weight is 352 g/mol. The molecule has 0 aliphatic rings. The number of alkyl halides is 2. The van der Waals surface area contributed by atoms with Gasteiger partial charge in [-0.1, -0.05) is 15.9 Å². The SMILES string of the molecule is O=C(CCOCC(F)F)Nc1cc(Br)cc(C(=O)O)c1. The maximum atomic E-state index is 11.8. The summed E-state index contributed by atoms with van der Waals surface area (Å²) in [7, 11) is 0. The number of carbonyl (C=O) groups is 2. The third-order valence-corrected chi connectivity index (χ3v) is 2.60. The summed E-state index contributed by atoms with van der Waals surface area (Å²) < 4.78 is 28.6. The van der Waals surface area contributed by atoms with E-state index in [1.165, 1.54) is 18.2 Å². The summed E-state index contributed by atoms with van der Waals surface area (Å²) in [6, 6.07) is 4.22. The minimum atomic E-state index is -2.57. The van der Waals surface area contributed by atoms with Crippen LogP contribution in [0.3, 0.4) is 0 Å². The number of halogens is 3. The molecule has 1 rings (SSSR count). The molecule has 5 nitrogen and oxygen atoms in total. The molecular formula is C12H12BrF2NO4. The van der Waals surface area contributed by atoms with E-state index in [9.17, 15) is 18.4 Å². The van der Waals surface area contributed by atoms with Crippen molar-refractivity contribution >= 4 is 33.5 Å². The molecule has 0 bridgehead atoms. The van der Waals surface area contributed by atoms with Crippen LogP contribution in [0, 0.1) is 0 Å². The van der Waals surface area contributed by atoms with Crippen LogP contribution in [0.4, 0.5) is 14.5 Å². The van der Waals surface area contributed by atoms with Crippen LogP contribution in [0.2, 0.25) is 0 Å². The van der Waals surface area contributed by atoms with Crippen molar-refractivity contribution in [1.29, 1.82) is 0 Å². The van der Waals surface area contributed by atoms with Crippen LogP contribution >= 0.6 is 15.9 Å². The van der Waals surface area contributed by atoms with Crippen LogP contribution in [-0.4, -0.2) is 36.6 Å². The van der Waals surface area contributed by atoms with E-state index < -0.39 is 24.9 Å². The Kier molecular flexibility index (Phi) is 6.53. The average Bonchev–Trinajstić information content (AvgIpc) is 2.33. The van der Waals surface area contributed by atoms with Gasteiger partial charge in [0, 0.05) is 10.2 Å². The Morgan fingerprint density at radius 3 is 2.65 bits per heavy atom. The Balaban J connectivity index is 2.51. The van der Waals surface area contributed by atoms with Gasteiger partial charge in [0.2, 0.25) is 5.91 Å². The summed E-state index contributed by atoms with van der Waals surface area (Å²) in [6.45, 7) is -0.844. The highest BCUT2D eigenvalue weighted by Gasteiger charge is 2.09. The Bertz CT molecular complexity index is 496. The van der Waals surface area contributed by atoms with Gasteiger partial charge in [0.05, 0.1) is 18.6 Å². The molecule has 1 aromatic carbocycles. The smallest absolute Gasteiger partial charge is 0.335 e. The van der Waals surface area contributed by atoms with Crippen molar-refractivity contribution in [1.82, 2.24) is 0 Å². The third-order valence-electron chi connectivity index (χ3n) is 2.15. The molecule has 0 atom stereocenters. The van der Waals surface area contributed by atoms with E-state index in [1.54, 1.807) is 0 Å². The molecule has 0 saturated heterocycles. The van der Waals surface area contributed by atoms with Crippen LogP contribution in [0.5, 0.6) is 0 Å². The van der Waals surface area contributed by atoms with Gasteiger partial charge in [0.25, 0.3) is 6.43 Å². The lowest BCUT2D eigenvalue weighted by molar-refractivity contribution is -0.117.